The van der Waals surface area contributed by atoms with E-state index in [1.165, 1.54) is 0 Å². The van der Waals surface area contributed by atoms with Gasteiger partial charge < -0.3 is 20.7 Å². The highest BCUT2D eigenvalue weighted by Gasteiger charge is 2.44. The first-order valence-electron chi connectivity index (χ1n) is 10.5. The second-order valence-corrected chi connectivity index (χ2v) is 8.63. The molecule has 1 atom stereocenters. The van der Waals surface area contributed by atoms with Gasteiger partial charge in [0.2, 0.25) is 5.66 Å². The lowest BCUT2D eigenvalue weighted by atomic mass is 9.87. The summed E-state index contributed by atoms with van der Waals surface area (Å²) in [5.41, 5.74) is 2.06. The van der Waals surface area contributed by atoms with Crippen molar-refractivity contribution in [3.63, 3.8) is 0 Å². The summed E-state index contributed by atoms with van der Waals surface area (Å²) in [4.78, 5) is 21.8. The molecule has 7 heteroatoms. The van der Waals surface area contributed by atoms with Crippen LogP contribution in [-0.2, 0) is 10.2 Å². The molecule has 164 valence electrons. The summed E-state index contributed by atoms with van der Waals surface area (Å²) in [6.45, 7) is 6.46. The number of ether oxygens (including phenoxy) is 1. The first-order chi connectivity index (χ1) is 15.3. The zero-order valence-electron chi connectivity index (χ0n) is 18.6. The van der Waals surface area contributed by atoms with Crippen molar-refractivity contribution in [2.24, 2.45) is 0 Å². The van der Waals surface area contributed by atoms with Crippen LogP contribution in [0.5, 0.6) is 5.75 Å². The van der Waals surface area contributed by atoms with Gasteiger partial charge in [-0.1, -0.05) is 32.9 Å². The minimum atomic E-state index is -1.34. The maximum atomic E-state index is 13.2. The van der Waals surface area contributed by atoms with Crippen molar-refractivity contribution >= 4 is 22.6 Å². The van der Waals surface area contributed by atoms with Crippen molar-refractivity contribution in [1.29, 1.82) is 0 Å². The van der Waals surface area contributed by atoms with Crippen LogP contribution in [0.1, 0.15) is 26.3 Å². The smallest absolute Gasteiger partial charge is 0.274 e. The number of hydrogen-bond donors (Lipinski definition) is 3. The zero-order valence-corrected chi connectivity index (χ0v) is 18.6. The minimum absolute atomic E-state index is 0.0287. The average molecular weight is 430 g/mol. The molecular formula is C25H27N5O2. The highest BCUT2D eigenvalue weighted by Crippen LogP contribution is 2.30. The molecule has 4 rings (SSSR count). The molecule has 0 spiro atoms. The van der Waals surface area contributed by atoms with Crippen molar-refractivity contribution in [2.75, 3.05) is 12.4 Å². The second kappa shape index (κ2) is 8.34. The first kappa shape index (κ1) is 21.4. The number of benzene rings is 2. The quantitative estimate of drug-likeness (QED) is 0.571. The van der Waals surface area contributed by atoms with Gasteiger partial charge in [-0.05, 0) is 53.6 Å². The minimum Gasteiger partial charge on any atom is -0.457 e. The van der Waals surface area contributed by atoms with E-state index in [-0.39, 0.29) is 11.3 Å². The summed E-state index contributed by atoms with van der Waals surface area (Å²) < 4.78 is 6.23. The topological polar surface area (TPSA) is 88.2 Å². The first-order valence-corrected chi connectivity index (χ1v) is 10.5. The molecule has 1 unspecified atom stereocenters. The van der Waals surface area contributed by atoms with Crippen LogP contribution in [0.3, 0.4) is 0 Å². The molecule has 0 aliphatic carbocycles. The molecule has 0 saturated carbocycles. The predicted octanol–water partition coefficient (Wildman–Crippen LogP) is 3.86. The Morgan fingerprint density at radius 3 is 2.59 bits per heavy atom. The summed E-state index contributed by atoms with van der Waals surface area (Å²) in [6, 6.07) is 13.5. The molecule has 1 aliphatic heterocycles. The standard InChI is InChI=1S/C25H27N5O2/c1-24(2,3)17-7-5-8-18(15-17)30-25(23(31)26-4)22(9-6-12-29-25)32-19-10-11-20-21(16-19)28-14-13-27-20/h5-16,29-30H,1-4H3,(H,26,31). The van der Waals surface area contributed by atoms with Crippen molar-refractivity contribution in [3.8, 4) is 5.75 Å². The summed E-state index contributed by atoms with van der Waals surface area (Å²) >= 11 is 0. The maximum absolute atomic E-state index is 13.2. The van der Waals surface area contributed by atoms with Gasteiger partial charge in [0, 0.05) is 31.2 Å². The third-order valence-corrected chi connectivity index (χ3v) is 5.31. The van der Waals surface area contributed by atoms with Crippen LogP contribution in [0, 0.1) is 0 Å². The molecule has 3 N–H and O–H groups in total. The number of allylic oxidation sites excluding steroid dienone is 2. The number of rotatable bonds is 5. The lowest BCUT2D eigenvalue weighted by Crippen LogP contribution is -2.63. The number of amides is 1. The summed E-state index contributed by atoms with van der Waals surface area (Å²) in [7, 11) is 1.60. The van der Waals surface area contributed by atoms with Crippen molar-refractivity contribution in [1.82, 2.24) is 20.6 Å². The molecule has 2 heterocycles. The Hall–Kier alpha value is -3.87. The van der Waals surface area contributed by atoms with Crippen LogP contribution < -0.4 is 20.7 Å². The van der Waals surface area contributed by atoms with Gasteiger partial charge in [0.15, 0.2) is 5.76 Å². The van der Waals surface area contributed by atoms with E-state index < -0.39 is 5.66 Å². The summed E-state index contributed by atoms with van der Waals surface area (Å²) in [5, 5.41) is 9.29. The Kier molecular flexibility index (Phi) is 5.57. The van der Waals surface area contributed by atoms with E-state index in [1.807, 2.05) is 30.3 Å². The van der Waals surface area contributed by atoms with E-state index in [0.29, 0.717) is 17.0 Å². The molecule has 1 amide bonds. The monoisotopic (exact) mass is 429 g/mol. The van der Waals surface area contributed by atoms with E-state index in [1.54, 1.807) is 43.9 Å². The molecular weight excluding hydrogens is 402 g/mol. The Bertz CT molecular complexity index is 1210. The molecule has 1 aliphatic rings. The lowest BCUT2D eigenvalue weighted by Gasteiger charge is -2.37. The summed E-state index contributed by atoms with van der Waals surface area (Å²) in [6.07, 6.45) is 8.56. The van der Waals surface area contributed by atoms with Crippen molar-refractivity contribution in [2.45, 2.75) is 31.8 Å². The van der Waals surface area contributed by atoms with Crippen LogP contribution in [0.4, 0.5) is 5.69 Å². The second-order valence-electron chi connectivity index (χ2n) is 8.63. The third kappa shape index (κ3) is 4.14. The van der Waals surface area contributed by atoms with E-state index in [0.717, 1.165) is 16.8 Å². The molecule has 0 saturated heterocycles. The molecule has 3 aromatic rings. The van der Waals surface area contributed by atoms with Crippen LogP contribution in [0.25, 0.3) is 11.0 Å². The number of aromatic nitrogens is 2. The van der Waals surface area contributed by atoms with Gasteiger partial charge in [0.1, 0.15) is 5.75 Å². The van der Waals surface area contributed by atoms with Gasteiger partial charge in [-0.25, -0.2) is 0 Å². The number of carbonyl (C=O) groups is 1. The highest BCUT2D eigenvalue weighted by atomic mass is 16.5. The zero-order chi connectivity index (χ0) is 22.8. The maximum Gasteiger partial charge on any atom is 0.274 e. The van der Waals surface area contributed by atoms with Crippen LogP contribution in [-0.4, -0.2) is 28.6 Å². The Morgan fingerprint density at radius 1 is 1.06 bits per heavy atom. The molecule has 1 aromatic heterocycles. The van der Waals surface area contributed by atoms with Gasteiger partial charge in [0.05, 0.1) is 11.0 Å². The Balaban J connectivity index is 1.71. The van der Waals surface area contributed by atoms with Gasteiger partial charge in [0.25, 0.3) is 5.91 Å². The van der Waals surface area contributed by atoms with Gasteiger partial charge in [-0.3, -0.25) is 14.8 Å². The van der Waals surface area contributed by atoms with Crippen molar-refractivity contribution < 1.29 is 9.53 Å². The van der Waals surface area contributed by atoms with E-state index >= 15 is 0 Å². The number of fused-ring (bicyclic) bond motifs is 1. The fraction of sp³-hybridized carbons (Fsp3) is 0.240. The van der Waals surface area contributed by atoms with Gasteiger partial charge in [-0.2, -0.15) is 0 Å². The van der Waals surface area contributed by atoms with Crippen LogP contribution >= 0.6 is 0 Å². The molecule has 0 fully saturated rings. The predicted molar refractivity (Wildman–Crippen MR) is 126 cm³/mol. The van der Waals surface area contributed by atoms with Gasteiger partial charge in [-0.15, -0.1) is 0 Å². The normalized spacial score (nSPS) is 17.9. The van der Waals surface area contributed by atoms with E-state index in [4.69, 9.17) is 4.74 Å². The number of carbonyl (C=O) groups excluding carboxylic acids is 1. The Labute approximate surface area is 187 Å². The molecule has 0 radical (unpaired) electrons. The van der Waals surface area contributed by atoms with Crippen LogP contribution in [0.2, 0.25) is 0 Å². The lowest BCUT2D eigenvalue weighted by molar-refractivity contribution is -0.125. The number of nitrogens with zero attached hydrogens (tertiary/aromatic N) is 2. The summed E-state index contributed by atoms with van der Waals surface area (Å²) in [5.74, 6) is 0.679. The Morgan fingerprint density at radius 2 is 1.84 bits per heavy atom. The molecule has 7 nitrogen and oxygen atoms in total. The van der Waals surface area contributed by atoms with Crippen LogP contribution in [0.15, 0.2) is 79.0 Å². The SMILES string of the molecule is CNC(=O)C1(Nc2cccc(C(C)(C)C)c2)NC=CC=C1Oc1ccc2nccnc2c1. The average Bonchev–Trinajstić information content (AvgIpc) is 2.79. The van der Waals surface area contributed by atoms with Gasteiger partial charge >= 0.3 is 0 Å². The number of hydrogen-bond acceptors (Lipinski definition) is 6. The fourth-order valence-corrected chi connectivity index (χ4v) is 3.55. The number of dihydropyridines is 1. The van der Waals surface area contributed by atoms with Crippen molar-refractivity contribution in [3.05, 3.63) is 84.5 Å². The fourth-order valence-electron chi connectivity index (χ4n) is 3.55. The van der Waals surface area contributed by atoms with E-state index in [9.17, 15) is 4.79 Å². The largest absolute Gasteiger partial charge is 0.457 e. The molecule has 0 bridgehead atoms. The number of nitrogens with one attached hydrogen (secondary N) is 3. The van der Waals surface area contributed by atoms with E-state index in [2.05, 4.69) is 52.8 Å². The third-order valence-electron chi connectivity index (χ3n) is 5.31. The molecule has 32 heavy (non-hydrogen) atoms. The number of anilines is 1. The highest BCUT2D eigenvalue weighted by molar-refractivity contribution is 5.93. The number of likely N-dealkylation sites (N-methyl/N-ethyl adjacent to an activating group) is 1. The molecule has 2 aromatic carbocycles.